The van der Waals surface area contributed by atoms with E-state index in [9.17, 15) is 4.79 Å². The molecule has 4 nitrogen and oxygen atoms in total. The first-order valence-electron chi connectivity index (χ1n) is 4.73. The molecule has 0 unspecified atom stereocenters. The Morgan fingerprint density at radius 1 is 1.31 bits per heavy atom. The molecule has 0 radical (unpaired) electrons. The van der Waals surface area contributed by atoms with E-state index in [-0.39, 0.29) is 5.97 Å². The molecule has 0 N–H and O–H groups in total. The summed E-state index contributed by atoms with van der Waals surface area (Å²) in [6, 6.07) is 3.36. The van der Waals surface area contributed by atoms with Gasteiger partial charge in [0.2, 0.25) is 0 Å². The molecule has 0 aliphatic heterocycles. The number of hydrogen-bond acceptors (Lipinski definition) is 4. The Balaban J connectivity index is 3.18. The number of carbonyl (C=O) groups is 1. The first-order valence-corrected chi connectivity index (χ1v) is 5.81. The van der Waals surface area contributed by atoms with Gasteiger partial charge in [0.05, 0.1) is 30.0 Å². The highest BCUT2D eigenvalue weighted by Crippen LogP contribution is 2.34. The minimum absolute atomic E-state index is 0.350. The summed E-state index contributed by atoms with van der Waals surface area (Å²) in [4.78, 5) is 11.6. The minimum atomic E-state index is -0.354. The second-order valence-electron chi connectivity index (χ2n) is 2.88. The van der Waals surface area contributed by atoms with Gasteiger partial charge in [-0.1, -0.05) is 0 Å². The molecule has 0 amide bonds. The summed E-state index contributed by atoms with van der Waals surface area (Å²) in [6.07, 6.45) is 0. The third-order valence-corrected chi connectivity index (χ3v) is 3.05. The Kier molecular flexibility index (Phi) is 4.85. The molecule has 5 heteroatoms. The predicted octanol–water partition coefficient (Wildman–Crippen LogP) is 2.49. The van der Waals surface area contributed by atoms with E-state index < -0.39 is 0 Å². The third-order valence-electron chi connectivity index (χ3n) is 1.98. The van der Waals surface area contributed by atoms with Crippen LogP contribution in [0.3, 0.4) is 0 Å². The van der Waals surface area contributed by atoms with Crippen molar-refractivity contribution in [2.75, 3.05) is 20.8 Å². The molecule has 0 heterocycles. The number of halogens is 1. The number of methoxy groups -OCH3 is 2. The molecule has 0 aromatic heterocycles. The number of carbonyl (C=O) groups excluding carboxylic acids is 1. The molecule has 0 aliphatic carbocycles. The summed E-state index contributed by atoms with van der Waals surface area (Å²) in [6.45, 7) is 2.12. The molecular formula is C11H13IO4. The zero-order valence-electron chi connectivity index (χ0n) is 9.37. The molecular weight excluding hydrogens is 323 g/mol. The number of rotatable bonds is 4. The molecule has 1 aromatic carbocycles. The first-order chi connectivity index (χ1) is 7.65. The van der Waals surface area contributed by atoms with Gasteiger partial charge in [0.15, 0.2) is 11.5 Å². The Morgan fingerprint density at radius 2 is 2.00 bits per heavy atom. The minimum Gasteiger partial charge on any atom is -0.493 e. The van der Waals surface area contributed by atoms with Crippen LogP contribution in [-0.4, -0.2) is 26.8 Å². The van der Waals surface area contributed by atoms with Gasteiger partial charge >= 0.3 is 5.97 Å². The lowest BCUT2D eigenvalue weighted by Crippen LogP contribution is -2.08. The van der Waals surface area contributed by atoms with Crippen molar-refractivity contribution < 1.29 is 19.0 Å². The highest BCUT2D eigenvalue weighted by atomic mass is 127. The van der Waals surface area contributed by atoms with E-state index in [0.717, 1.165) is 0 Å². The van der Waals surface area contributed by atoms with Crippen molar-refractivity contribution in [1.82, 2.24) is 0 Å². The molecule has 0 atom stereocenters. The lowest BCUT2D eigenvalue weighted by molar-refractivity contribution is 0.0524. The van der Waals surface area contributed by atoms with Crippen LogP contribution in [0.4, 0.5) is 0 Å². The topological polar surface area (TPSA) is 44.8 Å². The van der Waals surface area contributed by atoms with Gasteiger partial charge in [-0.15, -0.1) is 0 Å². The maximum atomic E-state index is 11.6. The standard InChI is InChI=1S/C11H13IO4/c1-4-16-11(13)7-5-6-8(14-2)10(15-3)9(7)12/h5-6H,4H2,1-3H3. The molecule has 0 saturated carbocycles. The van der Waals surface area contributed by atoms with Gasteiger partial charge in [-0.25, -0.2) is 4.79 Å². The van der Waals surface area contributed by atoms with Crippen LogP contribution in [0.15, 0.2) is 12.1 Å². The number of esters is 1. The highest BCUT2D eigenvalue weighted by Gasteiger charge is 2.18. The van der Waals surface area contributed by atoms with Gasteiger partial charge in [0.1, 0.15) is 0 Å². The number of benzene rings is 1. The Morgan fingerprint density at radius 3 is 2.50 bits per heavy atom. The summed E-state index contributed by atoms with van der Waals surface area (Å²) in [7, 11) is 3.09. The van der Waals surface area contributed by atoms with Crippen molar-refractivity contribution >= 4 is 28.6 Å². The Hall–Kier alpha value is -0.980. The molecule has 88 valence electrons. The van der Waals surface area contributed by atoms with E-state index in [0.29, 0.717) is 27.2 Å². The van der Waals surface area contributed by atoms with Gasteiger partial charge in [-0.05, 0) is 41.6 Å². The van der Waals surface area contributed by atoms with Gasteiger partial charge in [0.25, 0.3) is 0 Å². The molecule has 0 aliphatic rings. The van der Waals surface area contributed by atoms with E-state index in [2.05, 4.69) is 0 Å². The lowest BCUT2D eigenvalue weighted by atomic mass is 10.2. The fourth-order valence-corrected chi connectivity index (χ4v) is 2.14. The number of hydrogen-bond donors (Lipinski definition) is 0. The van der Waals surface area contributed by atoms with Crippen molar-refractivity contribution in [3.63, 3.8) is 0 Å². The first kappa shape index (κ1) is 13.1. The molecule has 0 bridgehead atoms. The molecule has 16 heavy (non-hydrogen) atoms. The zero-order chi connectivity index (χ0) is 12.1. The van der Waals surface area contributed by atoms with E-state index in [1.807, 2.05) is 22.6 Å². The maximum Gasteiger partial charge on any atom is 0.339 e. The summed E-state index contributed by atoms with van der Waals surface area (Å²) in [5.74, 6) is 0.793. The molecule has 0 saturated heterocycles. The van der Waals surface area contributed by atoms with Crippen LogP contribution in [0.2, 0.25) is 0 Å². The smallest absolute Gasteiger partial charge is 0.339 e. The summed E-state index contributed by atoms with van der Waals surface area (Å²) in [5, 5.41) is 0. The number of ether oxygens (including phenoxy) is 3. The molecule has 0 fully saturated rings. The van der Waals surface area contributed by atoms with Crippen LogP contribution in [0, 0.1) is 3.57 Å². The van der Waals surface area contributed by atoms with Crippen LogP contribution >= 0.6 is 22.6 Å². The second kappa shape index (κ2) is 5.93. The fourth-order valence-electron chi connectivity index (χ4n) is 1.26. The normalized spacial score (nSPS) is 9.75. The zero-order valence-corrected chi connectivity index (χ0v) is 11.5. The average Bonchev–Trinajstić information content (AvgIpc) is 2.28. The van der Waals surface area contributed by atoms with E-state index >= 15 is 0 Å². The van der Waals surface area contributed by atoms with Crippen molar-refractivity contribution in [2.24, 2.45) is 0 Å². The molecule has 1 rings (SSSR count). The Labute approximate surface area is 108 Å². The van der Waals surface area contributed by atoms with Gasteiger partial charge in [-0.2, -0.15) is 0 Å². The van der Waals surface area contributed by atoms with Crippen LogP contribution in [0.25, 0.3) is 0 Å². The van der Waals surface area contributed by atoms with Crippen LogP contribution in [0.5, 0.6) is 11.5 Å². The molecule has 1 aromatic rings. The van der Waals surface area contributed by atoms with E-state index in [1.54, 1.807) is 26.2 Å². The van der Waals surface area contributed by atoms with Crippen molar-refractivity contribution in [2.45, 2.75) is 6.92 Å². The van der Waals surface area contributed by atoms with Crippen LogP contribution < -0.4 is 9.47 Å². The van der Waals surface area contributed by atoms with E-state index in [4.69, 9.17) is 14.2 Å². The maximum absolute atomic E-state index is 11.6. The predicted molar refractivity (Wildman–Crippen MR) is 68.2 cm³/mol. The van der Waals surface area contributed by atoms with E-state index in [1.165, 1.54) is 7.11 Å². The van der Waals surface area contributed by atoms with Gasteiger partial charge in [-0.3, -0.25) is 0 Å². The third kappa shape index (κ3) is 2.58. The van der Waals surface area contributed by atoms with Crippen molar-refractivity contribution in [3.8, 4) is 11.5 Å². The second-order valence-corrected chi connectivity index (χ2v) is 3.96. The highest BCUT2D eigenvalue weighted by molar-refractivity contribution is 14.1. The quantitative estimate of drug-likeness (QED) is 0.626. The van der Waals surface area contributed by atoms with Gasteiger partial charge in [0, 0.05) is 0 Å². The lowest BCUT2D eigenvalue weighted by Gasteiger charge is -2.12. The summed E-state index contributed by atoms with van der Waals surface area (Å²) >= 11 is 2.04. The van der Waals surface area contributed by atoms with Crippen molar-refractivity contribution in [3.05, 3.63) is 21.3 Å². The van der Waals surface area contributed by atoms with Gasteiger partial charge < -0.3 is 14.2 Å². The average molecular weight is 336 g/mol. The van der Waals surface area contributed by atoms with Crippen LogP contribution in [-0.2, 0) is 4.74 Å². The molecule has 0 spiro atoms. The monoisotopic (exact) mass is 336 g/mol. The largest absolute Gasteiger partial charge is 0.493 e. The summed E-state index contributed by atoms with van der Waals surface area (Å²) < 4.78 is 16.0. The summed E-state index contributed by atoms with van der Waals surface area (Å²) in [5.41, 5.74) is 0.486. The van der Waals surface area contributed by atoms with Crippen LogP contribution in [0.1, 0.15) is 17.3 Å². The SMILES string of the molecule is CCOC(=O)c1ccc(OC)c(OC)c1I. The fraction of sp³-hybridized carbons (Fsp3) is 0.364. The Bertz CT molecular complexity index is 390. The van der Waals surface area contributed by atoms with Crippen molar-refractivity contribution in [1.29, 1.82) is 0 Å².